The lowest BCUT2D eigenvalue weighted by atomic mass is 9.99. The first kappa shape index (κ1) is 24.9. The maximum absolute atomic E-state index is 12.8. The number of esters is 2. The van der Waals surface area contributed by atoms with Gasteiger partial charge in [0, 0.05) is 5.56 Å². The van der Waals surface area contributed by atoms with Gasteiger partial charge in [0.15, 0.2) is 0 Å². The summed E-state index contributed by atoms with van der Waals surface area (Å²) < 4.78 is 53.5. The van der Waals surface area contributed by atoms with Crippen molar-refractivity contribution in [1.29, 1.82) is 0 Å². The van der Waals surface area contributed by atoms with Gasteiger partial charge < -0.3 is 19.0 Å². The van der Waals surface area contributed by atoms with E-state index in [9.17, 15) is 27.9 Å². The van der Waals surface area contributed by atoms with Gasteiger partial charge in [-0.1, -0.05) is 30.3 Å². The highest BCUT2D eigenvalue weighted by atomic mass is 19.4. The third-order valence-electron chi connectivity index (χ3n) is 4.80. The van der Waals surface area contributed by atoms with Gasteiger partial charge in [0.25, 0.3) is 5.89 Å². The Balaban J connectivity index is 1.95. The van der Waals surface area contributed by atoms with Gasteiger partial charge >= 0.3 is 23.7 Å². The molecule has 0 spiro atoms. The molecule has 0 radical (unpaired) electrons. The zero-order valence-corrected chi connectivity index (χ0v) is 18.3. The first-order valence-electron chi connectivity index (χ1n) is 10.3. The molecule has 0 saturated carbocycles. The molecule has 3 rings (SSSR count). The van der Waals surface area contributed by atoms with Gasteiger partial charge in [-0.2, -0.15) is 13.2 Å². The van der Waals surface area contributed by atoms with Crippen LogP contribution >= 0.6 is 0 Å². The van der Waals surface area contributed by atoms with Crippen LogP contribution in [0.5, 0.6) is 0 Å². The van der Waals surface area contributed by atoms with Gasteiger partial charge in [-0.25, -0.2) is 9.59 Å². The maximum Gasteiger partial charge on any atom is 0.416 e. The van der Waals surface area contributed by atoms with Gasteiger partial charge in [-0.3, -0.25) is 0 Å². The van der Waals surface area contributed by atoms with Gasteiger partial charge in [0.2, 0.25) is 5.89 Å². The standard InChI is InChI=1S/C23H21F3N2O6/c1-3-32-20(29)22(31,21(30)33-4-2)19-28-27-18(34-19)17-8-6-5-7-15(17)13-14-9-11-16(12-10-14)23(24,25)26/h5-12,31H,3-4,13H2,1-2H3. The molecule has 11 heteroatoms. The monoisotopic (exact) mass is 478 g/mol. The SMILES string of the molecule is CCOC(=O)C(O)(C(=O)OCC)c1nnc(-c2ccccc2Cc2ccc(C(F)(F)F)cc2)o1. The minimum atomic E-state index is -4.44. The molecule has 0 atom stereocenters. The highest BCUT2D eigenvalue weighted by Crippen LogP contribution is 2.32. The molecule has 0 aliphatic rings. The molecule has 0 saturated heterocycles. The van der Waals surface area contributed by atoms with Crippen molar-refractivity contribution in [2.45, 2.75) is 32.0 Å². The van der Waals surface area contributed by atoms with E-state index in [1.165, 1.54) is 26.0 Å². The lowest BCUT2D eigenvalue weighted by Gasteiger charge is -2.19. The predicted molar refractivity (Wildman–Crippen MR) is 111 cm³/mol. The molecule has 0 bridgehead atoms. The third kappa shape index (κ3) is 5.09. The molecular formula is C23H21F3N2O6. The number of aliphatic hydroxyl groups is 1. The number of ether oxygens (including phenoxy) is 2. The summed E-state index contributed by atoms with van der Waals surface area (Å²) in [6.07, 6.45) is -4.21. The number of alkyl halides is 3. The number of benzene rings is 2. The summed E-state index contributed by atoms with van der Waals surface area (Å²) in [6, 6.07) is 11.4. The van der Waals surface area contributed by atoms with Crippen LogP contribution in [-0.4, -0.2) is 40.5 Å². The molecule has 0 fully saturated rings. The molecule has 0 amide bonds. The summed E-state index contributed by atoms with van der Waals surface area (Å²) in [5.74, 6) is -3.52. The number of nitrogens with zero attached hydrogens (tertiary/aromatic N) is 2. The maximum atomic E-state index is 12.8. The fourth-order valence-electron chi connectivity index (χ4n) is 3.12. The molecule has 3 aromatic rings. The number of carbonyl (C=O) groups excluding carboxylic acids is 2. The van der Waals surface area contributed by atoms with Gasteiger partial charge in [0.05, 0.1) is 18.8 Å². The van der Waals surface area contributed by atoms with Crippen LogP contribution in [0.25, 0.3) is 11.5 Å². The van der Waals surface area contributed by atoms with Crippen LogP contribution in [0, 0.1) is 0 Å². The molecule has 180 valence electrons. The van der Waals surface area contributed by atoms with Crippen LogP contribution in [-0.2, 0) is 37.3 Å². The molecule has 1 N–H and O–H groups in total. The zero-order valence-electron chi connectivity index (χ0n) is 18.3. The number of hydrogen-bond donors (Lipinski definition) is 1. The first-order valence-corrected chi connectivity index (χ1v) is 10.3. The van der Waals surface area contributed by atoms with Crippen LogP contribution in [0.4, 0.5) is 13.2 Å². The zero-order chi connectivity index (χ0) is 24.9. The number of halogens is 3. The number of rotatable bonds is 8. The van der Waals surface area contributed by atoms with Crippen molar-refractivity contribution in [1.82, 2.24) is 10.2 Å². The molecular weight excluding hydrogens is 457 g/mol. The van der Waals surface area contributed by atoms with Crippen LogP contribution < -0.4 is 0 Å². The minimum absolute atomic E-state index is 0.121. The van der Waals surface area contributed by atoms with Crippen molar-refractivity contribution < 1.29 is 41.8 Å². The van der Waals surface area contributed by atoms with Crippen LogP contribution in [0.2, 0.25) is 0 Å². The van der Waals surface area contributed by atoms with Crippen molar-refractivity contribution in [3.63, 3.8) is 0 Å². The molecule has 0 unspecified atom stereocenters. The molecule has 0 aliphatic heterocycles. The Kier molecular flexibility index (Phi) is 7.35. The number of hydrogen-bond acceptors (Lipinski definition) is 8. The van der Waals surface area contributed by atoms with E-state index in [1.807, 2.05) is 0 Å². The minimum Gasteiger partial charge on any atom is -0.463 e. The van der Waals surface area contributed by atoms with E-state index in [-0.39, 0.29) is 25.5 Å². The van der Waals surface area contributed by atoms with E-state index in [1.54, 1.807) is 24.3 Å². The third-order valence-corrected chi connectivity index (χ3v) is 4.80. The van der Waals surface area contributed by atoms with E-state index in [0.717, 1.165) is 12.1 Å². The summed E-state index contributed by atoms with van der Waals surface area (Å²) in [4.78, 5) is 24.7. The lowest BCUT2D eigenvalue weighted by molar-refractivity contribution is -0.187. The second-order valence-electron chi connectivity index (χ2n) is 7.09. The fraction of sp³-hybridized carbons (Fsp3) is 0.304. The normalized spacial score (nSPS) is 11.8. The van der Waals surface area contributed by atoms with E-state index < -0.39 is 35.2 Å². The van der Waals surface area contributed by atoms with E-state index in [4.69, 9.17) is 13.9 Å². The van der Waals surface area contributed by atoms with Crippen LogP contribution in [0.1, 0.15) is 36.4 Å². The topological polar surface area (TPSA) is 112 Å². The Hall–Kier alpha value is -3.73. The van der Waals surface area contributed by atoms with Crippen molar-refractivity contribution in [3.8, 4) is 11.5 Å². The molecule has 0 aliphatic carbocycles. The van der Waals surface area contributed by atoms with Crippen molar-refractivity contribution in [2.24, 2.45) is 0 Å². The summed E-state index contributed by atoms with van der Waals surface area (Å²) >= 11 is 0. The summed E-state index contributed by atoms with van der Waals surface area (Å²) in [5, 5.41) is 18.3. The summed E-state index contributed by atoms with van der Waals surface area (Å²) in [6.45, 7) is 2.72. The smallest absolute Gasteiger partial charge is 0.416 e. The Labute approximate surface area is 192 Å². The fourth-order valence-corrected chi connectivity index (χ4v) is 3.12. The highest BCUT2D eigenvalue weighted by molar-refractivity contribution is 6.03. The van der Waals surface area contributed by atoms with Crippen molar-refractivity contribution in [2.75, 3.05) is 13.2 Å². The Morgan fingerprint density at radius 2 is 1.53 bits per heavy atom. The van der Waals surface area contributed by atoms with Crippen LogP contribution in [0.3, 0.4) is 0 Å². The van der Waals surface area contributed by atoms with Gasteiger partial charge in [-0.05, 0) is 49.6 Å². The quantitative estimate of drug-likeness (QED) is 0.386. The molecule has 8 nitrogen and oxygen atoms in total. The van der Waals surface area contributed by atoms with E-state index in [0.29, 0.717) is 16.7 Å². The summed E-state index contributed by atoms with van der Waals surface area (Å²) in [7, 11) is 0. The number of carbonyl (C=O) groups is 2. The van der Waals surface area contributed by atoms with Crippen molar-refractivity contribution >= 4 is 11.9 Å². The predicted octanol–water partition coefficient (Wildman–Crippen LogP) is 3.66. The first-order chi connectivity index (χ1) is 16.1. The molecule has 2 aromatic carbocycles. The van der Waals surface area contributed by atoms with Gasteiger partial charge in [0.1, 0.15) is 0 Å². The lowest BCUT2D eigenvalue weighted by Crippen LogP contribution is -2.46. The van der Waals surface area contributed by atoms with Crippen LogP contribution in [0.15, 0.2) is 52.9 Å². The average Bonchev–Trinajstić information content (AvgIpc) is 3.29. The average molecular weight is 478 g/mol. The molecule has 1 heterocycles. The Morgan fingerprint density at radius 1 is 0.941 bits per heavy atom. The summed E-state index contributed by atoms with van der Waals surface area (Å²) in [5.41, 5.74) is -2.11. The molecule has 34 heavy (non-hydrogen) atoms. The van der Waals surface area contributed by atoms with E-state index in [2.05, 4.69) is 10.2 Å². The Morgan fingerprint density at radius 3 is 2.09 bits per heavy atom. The van der Waals surface area contributed by atoms with Gasteiger partial charge in [-0.15, -0.1) is 10.2 Å². The van der Waals surface area contributed by atoms with Crippen molar-refractivity contribution in [3.05, 3.63) is 71.1 Å². The highest BCUT2D eigenvalue weighted by Gasteiger charge is 2.54. The molecule has 1 aromatic heterocycles. The largest absolute Gasteiger partial charge is 0.463 e. The second-order valence-corrected chi connectivity index (χ2v) is 7.09. The second kappa shape index (κ2) is 10.0. The van der Waals surface area contributed by atoms with E-state index >= 15 is 0 Å². The number of aromatic nitrogens is 2. The Bertz CT molecular complexity index is 1140.